The van der Waals surface area contributed by atoms with Crippen molar-refractivity contribution in [3.8, 4) is 0 Å². The number of carbonyl (C=O) groups is 2. The van der Waals surface area contributed by atoms with Crippen molar-refractivity contribution in [2.75, 3.05) is 0 Å². The molecule has 110 valence electrons. The molecular weight excluding hydrogens is 336 g/mol. The fourth-order valence-electron chi connectivity index (χ4n) is 2.99. The summed E-state index contributed by atoms with van der Waals surface area (Å²) in [5.74, 6) is -1.55. The van der Waals surface area contributed by atoms with Crippen LogP contribution in [-0.2, 0) is 4.79 Å². The molecule has 1 aliphatic rings. The van der Waals surface area contributed by atoms with Gasteiger partial charge in [-0.2, -0.15) is 0 Å². The van der Waals surface area contributed by atoms with Gasteiger partial charge in [0.2, 0.25) is 0 Å². The Labute approximate surface area is 129 Å². The van der Waals surface area contributed by atoms with Crippen LogP contribution in [0.15, 0.2) is 28.9 Å². The largest absolute Gasteiger partial charge is 0.481 e. The monoisotopic (exact) mass is 350 g/mol. The Balaban J connectivity index is 1.86. The van der Waals surface area contributed by atoms with E-state index in [4.69, 9.17) is 0 Å². The Morgan fingerprint density at radius 2 is 2.14 bits per heavy atom. The van der Waals surface area contributed by atoms with E-state index in [1.807, 2.05) is 18.2 Å². The van der Waals surface area contributed by atoms with Gasteiger partial charge < -0.3 is 15.4 Å². The number of aromatic nitrogens is 1. The lowest BCUT2D eigenvalue weighted by molar-refractivity contribution is -0.142. The molecule has 1 amide bonds. The lowest BCUT2D eigenvalue weighted by atomic mass is 10.0. The molecule has 0 radical (unpaired) electrons. The van der Waals surface area contributed by atoms with Crippen molar-refractivity contribution in [1.29, 1.82) is 0 Å². The SMILES string of the molecule is O=C(N[C@H]1CCC[C@H]1C(=O)O)c1c[nH]c2cccc(Br)c12. The Bertz CT molecular complexity index is 710. The number of hydrogen-bond acceptors (Lipinski definition) is 2. The zero-order valence-electron chi connectivity index (χ0n) is 11.2. The number of hydrogen-bond donors (Lipinski definition) is 3. The first-order valence-electron chi connectivity index (χ1n) is 6.87. The summed E-state index contributed by atoms with van der Waals surface area (Å²) in [7, 11) is 0. The zero-order chi connectivity index (χ0) is 15.0. The van der Waals surface area contributed by atoms with E-state index >= 15 is 0 Å². The third kappa shape index (κ3) is 2.55. The summed E-state index contributed by atoms with van der Waals surface area (Å²) < 4.78 is 0.840. The number of nitrogens with one attached hydrogen (secondary N) is 2. The first-order chi connectivity index (χ1) is 10.1. The standard InChI is InChI=1S/C15H15BrN2O3/c16-10-4-2-6-12-13(10)9(7-17-12)14(19)18-11-5-1-3-8(11)15(20)21/h2,4,6-8,11,17H,1,3,5H2,(H,18,19)(H,20,21)/t8-,11+/m1/s1. The van der Waals surface area contributed by atoms with E-state index in [1.54, 1.807) is 6.20 Å². The highest BCUT2D eigenvalue weighted by Crippen LogP contribution is 2.29. The summed E-state index contributed by atoms with van der Waals surface area (Å²) in [6, 6.07) is 5.37. The number of H-pyrrole nitrogens is 1. The van der Waals surface area contributed by atoms with Gasteiger partial charge in [-0.25, -0.2) is 0 Å². The number of rotatable bonds is 3. The maximum Gasteiger partial charge on any atom is 0.308 e. The molecular formula is C15H15BrN2O3. The van der Waals surface area contributed by atoms with Gasteiger partial charge in [0.1, 0.15) is 0 Å². The van der Waals surface area contributed by atoms with Crippen LogP contribution in [0, 0.1) is 5.92 Å². The van der Waals surface area contributed by atoms with Crippen molar-refractivity contribution >= 4 is 38.7 Å². The molecule has 2 aromatic rings. The average Bonchev–Trinajstić information content (AvgIpc) is 3.05. The van der Waals surface area contributed by atoms with Crippen molar-refractivity contribution in [3.05, 3.63) is 34.4 Å². The summed E-state index contributed by atoms with van der Waals surface area (Å²) in [4.78, 5) is 26.7. The fourth-order valence-corrected chi connectivity index (χ4v) is 3.57. The number of fused-ring (bicyclic) bond motifs is 1. The van der Waals surface area contributed by atoms with Crippen LogP contribution in [0.25, 0.3) is 10.9 Å². The Hall–Kier alpha value is -1.82. The molecule has 0 unspecified atom stereocenters. The van der Waals surface area contributed by atoms with E-state index < -0.39 is 11.9 Å². The molecule has 3 rings (SSSR count). The van der Waals surface area contributed by atoms with Gasteiger partial charge in [-0.3, -0.25) is 9.59 Å². The quantitative estimate of drug-likeness (QED) is 0.795. The minimum atomic E-state index is -0.835. The number of aromatic amines is 1. The first kappa shape index (κ1) is 14.1. The van der Waals surface area contributed by atoms with Crippen molar-refractivity contribution in [1.82, 2.24) is 10.3 Å². The molecule has 1 saturated carbocycles. The molecule has 0 aliphatic heterocycles. The van der Waals surface area contributed by atoms with Gasteiger partial charge in [-0.1, -0.05) is 28.4 Å². The van der Waals surface area contributed by atoms with Gasteiger partial charge in [-0.15, -0.1) is 0 Å². The van der Waals surface area contributed by atoms with Crippen LogP contribution < -0.4 is 5.32 Å². The molecule has 5 nitrogen and oxygen atoms in total. The summed E-state index contributed by atoms with van der Waals surface area (Å²) in [6.07, 6.45) is 3.83. The van der Waals surface area contributed by atoms with Gasteiger partial charge in [-0.05, 0) is 25.0 Å². The second-order valence-corrected chi connectivity index (χ2v) is 6.17. The van der Waals surface area contributed by atoms with Crippen molar-refractivity contribution < 1.29 is 14.7 Å². The molecule has 0 spiro atoms. The highest BCUT2D eigenvalue weighted by atomic mass is 79.9. The zero-order valence-corrected chi connectivity index (χ0v) is 12.8. The molecule has 0 saturated heterocycles. The van der Waals surface area contributed by atoms with E-state index in [0.717, 1.165) is 21.8 Å². The third-order valence-corrected chi connectivity index (χ3v) is 4.71. The van der Waals surface area contributed by atoms with Crippen molar-refractivity contribution in [3.63, 3.8) is 0 Å². The highest BCUT2D eigenvalue weighted by Gasteiger charge is 2.34. The average molecular weight is 351 g/mol. The van der Waals surface area contributed by atoms with Crippen molar-refractivity contribution in [2.24, 2.45) is 5.92 Å². The van der Waals surface area contributed by atoms with Gasteiger partial charge in [0.25, 0.3) is 5.91 Å². The summed E-state index contributed by atoms with van der Waals surface area (Å²) in [6.45, 7) is 0. The van der Waals surface area contributed by atoms with E-state index in [0.29, 0.717) is 18.4 Å². The molecule has 6 heteroatoms. The molecule has 3 N–H and O–H groups in total. The van der Waals surface area contributed by atoms with Crippen LogP contribution in [-0.4, -0.2) is 28.0 Å². The third-order valence-electron chi connectivity index (χ3n) is 4.05. The van der Waals surface area contributed by atoms with E-state index in [2.05, 4.69) is 26.2 Å². The lowest BCUT2D eigenvalue weighted by Crippen LogP contribution is -2.40. The number of benzene rings is 1. The fraction of sp³-hybridized carbons (Fsp3) is 0.333. The van der Waals surface area contributed by atoms with Gasteiger partial charge in [0, 0.05) is 27.6 Å². The summed E-state index contributed by atoms with van der Waals surface area (Å²) >= 11 is 3.45. The molecule has 1 fully saturated rings. The van der Waals surface area contributed by atoms with E-state index in [-0.39, 0.29) is 11.9 Å². The highest BCUT2D eigenvalue weighted by molar-refractivity contribution is 9.10. The smallest absolute Gasteiger partial charge is 0.308 e. The topological polar surface area (TPSA) is 82.2 Å². The number of carboxylic acids is 1. The van der Waals surface area contributed by atoms with E-state index in [1.165, 1.54) is 0 Å². The normalized spacial score (nSPS) is 21.6. The van der Waals surface area contributed by atoms with Gasteiger partial charge >= 0.3 is 5.97 Å². The van der Waals surface area contributed by atoms with Crippen LogP contribution in [0.3, 0.4) is 0 Å². The van der Waals surface area contributed by atoms with Crippen molar-refractivity contribution in [2.45, 2.75) is 25.3 Å². The predicted molar refractivity (Wildman–Crippen MR) is 82.2 cm³/mol. The van der Waals surface area contributed by atoms with Gasteiger partial charge in [0.15, 0.2) is 0 Å². The van der Waals surface area contributed by atoms with Crippen LogP contribution in [0.1, 0.15) is 29.6 Å². The lowest BCUT2D eigenvalue weighted by Gasteiger charge is -2.17. The summed E-state index contributed by atoms with van der Waals surface area (Å²) in [5, 5.41) is 12.9. The molecule has 1 aliphatic carbocycles. The molecule has 1 aromatic carbocycles. The Kier molecular flexibility index (Phi) is 3.71. The summed E-state index contributed by atoms with van der Waals surface area (Å²) in [5.41, 5.74) is 1.41. The second kappa shape index (κ2) is 5.52. The molecule has 1 heterocycles. The molecule has 0 bridgehead atoms. The molecule has 2 atom stereocenters. The second-order valence-electron chi connectivity index (χ2n) is 5.32. The number of amides is 1. The number of halogens is 1. The number of aliphatic carboxylic acids is 1. The minimum absolute atomic E-state index is 0.230. The molecule has 21 heavy (non-hydrogen) atoms. The van der Waals surface area contributed by atoms with E-state index in [9.17, 15) is 14.7 Å². The Morgan fingerprint density at radius 1 is 1.33 bits per heavy atom. The maximum atomic E-state index is 12.5. The van der Waals surface area contributed by atoms with Crippen LogP contribution in [0.5, 0.6) is 0 Å². The van der Waals surface area contributed by atoms with Crippen LogP contribution >= 0.6 is 15.9 Å². The Morgan fingerprint density at radius 3 is 2.90 bits per heavy atom. The minimum Gasteiger partial charge on any atom is -0.481 e. The maximum absolute atomic E-state index is 12.5. The van der Waals surface area contributed by atoms with Crippen LogP contribution in [0.2, 0.25) is 0 Å². The molecule has 1 aromatic heterocycles. The number of carboxylic acid groups (broad SMARTS) is 1. The van der Waals surface area contributed by atoms with Gasteiger partial charge in [0.05, 0.1) is 11.5 Å². The first-order valence-corrected chi connectivity index (χ1v) is 7.66. The predicted octanol–water partition coefficient (Wildman–Crippen LogP) is 2.91. The van der Waals surface area contributed by atoms with Crippen LogP contribution in [0.4, 0.5) is 0 Å². The number of carbonyl (C=O) groups excluding carboxylic acids is 1.